The number of aryl methyl sites for hydroxylation is 2. The molecule has 0 saturated carbocycles. The number of phenols is 4. The maximum Gasteiger partial charge on any atom is 0.157 e. The molecule has 0 aliphatic rings. The van der Waals surface area contributed by atoms with Crippen LogP contribution in [0.1, 0.15) is 79.0 Å². The molecule has 7 heteroatoms. The minimum atomic E-state index is -0.795. The molecule has 0 aromatic heterocycles. The monoisotopic (exact) mass is 715 g/mol. The zero-order valence-electron chi connectivity index (χ0n) is 31.4. The van der Waals surface area contributed by atoms with Gasteiger partial charge in [-0.2, -0.15) is 0 Å². The number of phenolic OH excluding ortho intramolecular Hbond substituents is 4. The van der Waals surface area contributed by atoms with E-state index >= 15 is 0 Å². The number of nitrogens with two attached hydrogens (primary N) is 1. The van der Waals surface area contributed by atoms with Crippen LogP contribution in [0.5, 0.6) is 23.0 Å². The normalized spacial score (nSPS) is 12.6. The van der Waals surface area contributed by atoms with Crippen LogP contribution in [0.2, 0.25) is 0 Å². The Morgan fingerprint density at radius 1 is 0.604 bits per heavy atom. The third-order valence-electron chi connectivity index (χ3n) is 9.74. The number of fused-ring (bicyclic) bond motifs is 2. The van der Waals surface area contributed by atoms with E-state index < -0.39 is 6.10 Å². The van der Waals surface area contributed by atoms with Crippen molar-refractivity contribution in [2.24, 2.45) is 11.7 Å². The number of aromatic hydroxyl groups is 4. The van der Waals surface area contributed by atoms with Crippen LogP contribution >= 0.6 is 0 Å². The topological polar surface area (TPSA) is 144 Å². The van der Waals surface area contributed by atoms with Crippen LogP contribution in [-0.2, 0) is 17.6 Å². The Kier molecular flexibility index (Phi) is 14.4. The highest BCUT2D eigenvalue weighted by Crippen LogP contribution is 2.32. The van der Waals surface area contributed by atoms with Gasteiger partial charge in [-0.1, -0.05) is 98.8 Å². The number of ketones is 1. The molecule has 0 aliphatic heterocycles. The smallest absolute Gasteiger partial charge is 0.157 e. The zero-order valence-corrected chi connectivity index (χ0v) is 31.4. The average Bonchev–Trinajstić information content (AvgIpc) is 3.15. The van der Waals surface area contributed by atoms with Gasteiger partial charge in [0.15, 0.2) is 23.0 Å². The number of hydrogen-bond acceptors (Lipinski definition) is 7. The van der Waals surface area contributed by atoms with Crippen molar-refractivity contribution in [2.75, 3.05) is 6.54 Å². The van der Waals surface area contributed by atoms with Gasteiger partial charge in [0.1, 0.15) is 5.78 Å². The number of hydrogen-bond donors (Lipinski definition) is 6. The molecule has 0 radical (unpaired) electrons. The van der Waals surface area contributed by atoms with Crippen LogP contribution in [0, 0.1) is 19.8 Å². The highest BCUT2D eigenvalue weighted by molar-refractivity contribution is 5.92. The van der Waals surface area contributed by atoms with E-state index in [1.54, 1.807) is 19.1 Å². The van der Waals surface area contributed by atoms with Gasteiger partial charge < -0.3 is 31.3 Å². The predicted octanol–water partition coefficient (Wildman–Crippen LogP) is 9.69. The molecule has 6 aromatic rings. The standard InChI is InChI=1S/C24H28O2.C14H14O.C8H11NO3/c1-16(8-9-17(2)19-12-13-23(25)24(26)15-19)14-20-11-10-18(3)21-6-4-5-7-22(20)21;1-10-7-8-12(9-11(2)15)14-6-4-3-5-13(10)14;9-4-8(12)5-1-2-6(10)7(11)3-5/h4-7,10-13,15-17,25-26H,8-9,14H2,1-3H3;3-8H,9H2,1-2H3;1-3,8,10-12H,4,9H2. The van der Waals surface area contributed by atoms with Crippen molar-refractivity contribution in [3.05, 3.63) is 143 Å². The second-order valence-electron chi connectivity index (χ2n) is 14.1. The van der Waals surface area contributed by atoms with Crippen molar-refractivity contribution in [1.82, 2.24) is 0 Å². The molecule has 53 heavy (non-hydrogen) atoms. The largest absolute Gasteiger partial charge is 0.504 e. The number of carbonyl (C=O) groups is 1. The van der Waals surface area contributed by atoms with E-state index in [1.807, 2.05) is 18.2 Å². The van der Waals surface area contributed by atoms with Crippen LogP contribution in [0.3, 0.4) is 0 Å². The van der Waals surface area contributed by atoms with E-state index in [2.05, 4.69) is 88.4 Å². The summed E-state index contributed by atoms with van der Waals surface area (Å²) in [6.07, 6.45) is 3.01. The average molecular weight is 716 g/mol. The Hall–Kier alpha value is -5.37. The number of carbonyl (C=O) groups excluding carboxylic acids is 1. The lowest BCUT2D eigenvalue weighted by atomic mass is 9.88. The summed E-state index contributed by atoms with van der Waals surface area (Å²) < 4.78 is 0. The van der Waals surface area contributed by atoms with Gasteiger partial charge in [0.05, 0.1) is 6.10 Å². The van der Waals surface area contributed by atoms with Gasteiger partial charge in [-0.3, -0.25) is 4.79 Å². The van der Waals surface area contributed by atoms with Gasteiger partial charge in [0.25, 0.3) is 0 Å². The second-order valence-corrected chi connectivity index (χ2v) is 14.1. The van der Waals surface area contributed by atoms with E-state index in [0.29, 0.717) is 23.8 Å². The molecule has 0 amide bonds. The SMILES string of the molecule is CC(=O)Cc1ccc(C)c2ccccc12.Cc1ccc(CC(C)CCC(C)c2ccc(O)c(O)c2)c2ccccc12.NCC(O)c1ccc(O)c(O)c1. The molecule has 0 saturated heterocycles. The van der Waals surface area contributed by atoms with Gasteiger partial charge in [-0.25, -0.2) is 0 Å². The number of aliphatic hydroxyl groups excluding tert-OH is 1. The number of benzene rings is 6. The molecule has 6 aromatic carbocycles. The van der Waals surface area contributed by atoms with Crippen molar-refractivity contribution in [3.63, 3.8) is 0 Å². The second kappa shape index (κ2) is 18.9. The highest BCUT2D eigenvalue weighted by Gasteiger charge is 2.13. The third-order valence-corrected chi connectivity index (χ3v) is 9.74. The minimum absolute atomic E-state index is 0.0338. The molecule has 278 valence electrons. The van der Waals surface area contributed by atoms with Gasteiger partial charge in [-0.15, -0.1) is 0 Å². The first-order valence-electron chi connectivity index (χ1n) is 18.1. The predicted molar refractivity (Wildman–Crippen MR) is 216 cm³/mol. The van der Waals surface area contributed by atoms with Crippen molar-refractivity contribution in [3.8, 4) is 23.0 Å². The van der Waals surface area contributed by atoms with Crippen molar-refractivity contribution in [2.45, 2.75) is 72.3 Å². The molecule has 7 N–H and O–H groups in total. The van der Waals surface area contributed by atoms with Gasteiger partial charge in [0, 0.05) is 13.0 Å². The van der Waals surface area contributed by atoms with E-state index in [-0.39, 0.29) is 35.3 Å². The summed E-state index contributed by atoms with van der Waals surface area (Å²) in [6, 6.07) is 34.8. The van der Waals surface area contributed by atoms with Crippen LogP contribution < -0.4 is 5.73 Å². The Bertz CT molecular complexity index is 2140. The van der Waals surface area contributed by atoms with E-state index in [9.17, 15) is 20.1 Å². The summed E-state index contributed by atoms with van der Waals surface area (Å²) in [7, 11) is 0. The van der Waals surface area contributed by atoms with Crippen LogP contribution in [-0.4, -0.2) is 37.9 Å². The summed E-state index contributed by atoms with van der Waals surface area (Å²) in [5.41, 5.74) is 11.9. The summed E-state index contributed by atoms with van der Waals surface area (Å²) >= 11 is 0. The lowest BCUT2D eigenvalue weighted by Crippen LogP contribution is -2.11. The maximum absolute atomic E-state index is 11.1. The molecule has 0 aliphatic carbocycles. The summed E-state index contributed by atoms with van der Waals surface area (Å²) in [6.45, 7) is 10.5. The molecule has 3 atom stereocenters. The number of Topliss-reactive ketones (excluding diaryl/α,β-unsaturated/α-hetero) is 1. The quantitative estimate of drug-likeness (QED) is 0.0775. The summed E-state index contributed by atoms with van der Waals surface area (Å²) in [4.78, 5) is 11.1. The third kappa shape index (κ3) is 11.1. The van der Waals surface area contributed by atoms with Crippen LogP contribution in [0.25, 0.3) is 21.5 Å². The first kappa shape index (κ1) is 40.4. The van der Waals surface area contributed by atoms with E-state index in [4.69, 9.17) is 15.9 Å². The Labute approximate surface area is 313 Å². The summed E-state index contributed by atoms with van der Waals surface area (Å²) in [5, 5.41) is 51.5. The first-order chi connectivity index (χ1) is 25.3. The van der Waals surface area contributed by atoms with Crippen molar-refractivity contribution < 1.29 is 30.3 Å². The molecular weight excluding hydrogens is 663 g/mol. The van der Waals surface area contributed by atoms with Crippen LogP contribution in [0.15, 0.2) is 109 Å². The molecular formula is C46H53NO6. The lowest BCUT2D eigenvalue weighted by Gasteiger charge is -2.18. The Balaban J connectivity index is 0.000000196. The van der Waals surface area contributed by atoms with Crippen molar-refractivity contribution >= 4 is 27.3 Å². The molecule has 3 unspecified atom stereocenters. The van der Waals surface area contributed by atoms with Gasteiger partial charge in [0.2, 0.25) is 0 Å². The molecule has 0 heterocycles. The van der Waals surface area contributed by atoms with Crippen molar-refractivity contribution in [1.29, 1.82) is 0 Å². The molecule has 7 nitrogen and oxygen atoms in total. The van der Waals surface area contributed by atoms with E-state index in [1.165, 1.54) is 56.4 Å². The molecule has 0 spiro atoms. The van der Waals surface area contributed by atoms with Crippen LogP contribution in [0.4, 0.5) is 0 Å². The Morgan fingerprint density at radius 2 is 1.08 bits per heavy atom. The van der Waals surface area contributed by atoms with Gasteiger partial charge >= 0.3 is 0 Å². The minimum Gasteiger partial charge on any atom is -0.504 e. The molecule has 6 rings (SSSR count). The maximum atomic E-state index is 11.1. The Morgan fingerprint density at radius 3 is 1.58 bits per heavy atom. The molecule has 0 bridgehead atoms. The fraction of sp³-hybridized carbons (Fsp3) is 0.283. The molecule has 0 fully saturated rings. The fourth-order valence-corrected chi connectivity index (χ4v) is 6.53. The zero-order chi connectivity index (χ0) is 38.7. The number of aliphatic hydroxyl groups is 1. The first-order valence-corrected chi connectivity index (χ1v) is 18.1. The van der Waals surface area contributed by atoms with E-state index in [0.717, 1.165) is 30.4 Å². The summed E-state index contributed by atoms with van der Waals surface area (Å²) in [5.74, 6) is 0.619. The highest BCUT2D eigenvalue weighted by atomic mass is 16.3. The van der Waals surface area contributed by atoms with Gasteiger partial charge in [-0.05, 0) is 131 Å². The number of rotatable bonds is 10. The fourth-order valence-electron chi connectivity index (χ4n) is 6.53. The lowest BCUT2D eigenvalue weighted by molar-refractivity contribution is -0.116.